The molecule has 0 atom stereocenters. The van der Waals surface area contributed by atoms with Gasteiger partial charge in [-0.25, -0.2) is 0 Å². The van der Waals surface area contributed by atoms with Gasteiger partial charge in [0.15, 0.2) is 0 Å². The number of alkyl halides is 6. The van der Waals surface area contributed by atoms with E-state index in [0.29, 0.717) is 0 Å². The van der Waals surface area contributed by atoms with E-state index in [1.54, 1.807) is 0 Å². The lowest BCUT2D eigenvalue weighted by molar-refractivity contribution is -0.217. The summed E-state index contributed by atoms with van der Waals surface area (Å²) in [6.45, 7) is 2.00. The molecule has 0 saturated heterocycles. The van der Waals surface area contributed by atoms with Crippen LogP contribution in [0.4, 0.5) is 26.3 Å². The fourth-order valence-electron chi connectivity index (χ4n) is 0.161. The van der Waals surface area contributed by atoms with Gasteiger partial charge in [0.05, 0.1) is 0 Å². The number of carbonyl (C=O) groups excluding carboxylic acids is 2. The minimum atomic E-state index is -5.82. The highest BCUT2D eigenvalue weighted by molar-refractivity contribution is 5.89. The largest absolute Gasteiger partial charge is 0.459 e. The molecule has 0 amide bonds. The van der Waals surface area contributed by atoms with Gasteiger partial charge in [0, 0.05) is 0 Å². The van der Waals surface area contributed by atoms with Gasteiger partial charge < -0.3 is 4.79 Å². The molecule has 0 rings (SSSR count). The molecule has 0 bridgehead atoms. The molecule has 0 aliphatic rings. The monoisotopic (exact) mass is 196 g/mol. The summed E-state index contributed by atoms with van der Waals surface area (Å²) in [6.07, 6.45) is -11.6. The smallest absolute Gasteiger partial charge is 0.307 e. The fraction of sp³-hybridized carbons (Fsp3) is 0.500. The second-order valence-corrected chi connectivity index (χ2v) is 1.32. The maximum absolute atomic E-state index is 10.9. The van der Waals surface area contributed by atoms with E-state index in [2.05, 4.69) is 0 Å². The number of hydrogen-bond acceptors (Lipinski definition) is 2. The van der Waals surface area contributed by atoms with Crippen molar-refractivity contribution in [2.45, 2.75) is 12.4 Å². The quantitative estimate of drug-likeness (QED) is 0.550. The minimum absolute atomic E-state index is 2.00. The van der Waals surface area contributed by atoms with Gasteiger partial charge in [0.25, 0.3) is 0 Å². The molecule has 0 aromatic heterocycles. The van der Waals surface area contributed by atoms with Crippen LogP contribution in [-0.4, -0.2) is 24.9 Å². The van der Waals surface area contributed by atoms with Crippen molar-refractivity contribution in [3.05, 3.63) is 0 Å². The molecule has 72 valence electrons. The van der Waals surface area contributed by atoms with E-state index >= 15 is 0 Å². The summed E-state index contributed by atoms with van der Waals surface area (Å²) in [6, 6.07) is 0. The molecule has 0 aliphatic carbocycles. The standard InChI is InChI=1S/C3F6O.CH2O/c4-2(5,6)1(10)3(7,8)9;1-2/h;1H2. The van der Waals surface area contributed by atoms with Crippen molar-refractivity contribution >= 4 is 12.6 Å². The average molecular weight is 196 g/mol. The Labute approximate surface area is 62.2 Å². The molecule has 0 fully saturated rings. The third kappa shape index (κ3) is 4.69. The third-order valence-electron chi connectivity index (χ3n) is 0.515. The summed E-state index contributed by atoms with van der Waals surface area (Å²) in [5.74, 6) is -3.68. The summed E-state index contributed by atoms with van der Waals surface area (Å²) >= 11 is 0. The summed E-state index contributed by atoms with van der Waals surface area (Å²) in [4.78, 5) is 17.2. The van der Waals surface area contributed by atoms with Crippen LogP contribution in [0.2, 0.25) is 0 Å². The molecule has 0 spiro atoms. The first-order valence-electron chi connectivity index (χ1n) is 2.13. The number of carbonyl (C=O) groups is 2. The molecule has 0 aliphatic heterocycles. The Morgan fingerprint density at radius 1 is 0.833 bits per heavy atom. The van der Waals surface area contributed by atoms with E-state index in [1.807, 2.05) is 6.79 Å². The molecule has 12 heavy (non-hydrogen) atoms. The van der Waals surface area contributed by atoms with Gasteiger partial charge >= 0.3 is 18.1 Å². The van der Waals surface area contributed by atoms with E-state index in [0.717, 1.165) is 0 Å². The minimum Gasteiger partial charge on any atom is -0.307 e. The van der Waals surface area contributed by atoms with Gasteiger partial charge in [-0.05, 0) is 0 Å². The van der Waals surface area contributed by atoms with Crippen LogP contribution in [0, 0.1) is 0 Å². The first kappa shape index (κ1) is 13.5. The van der Waals surface area contributed by atoms with Crippen LogP contribution in [0.1, 0.15) is 0 Å². The van der Waals surface area contributed by atoms with Gasteiger partial charge in [-0.3, -0.25) is 4.79 Å². The number of rotatable bonds is 0. The van der Waals surface area contributed by atoms with Crippen molar-refractivity contribution in [2.75, 3.05) is 0 Å². The van der Waals surface area contributed by atoms with Crippen molar-refractivity contribution in [1.29, 1.82) is 0 Å². The highest BCUT2D eigenvalue weighted by Gasteiger charge is 2.55. The summed E-state index contributed by atoms with van der Waals surface area (Å²) in [5.41, 5.74) is 0. The molecule has 0 aromatic carbocycles. The lowest BCUT2D eigenvalue weighted by Gasteiger charge is -2.06. The predicted molar refractivity (Wildman–Crippen MR) is 24.2 cm³/mol. The maximum atomic E-state index is 10.9. The molecule has 2 nitrogen and oxygen atoms in total. The van der Waals surface area contributed by atoms with Gasteiger partial charge in [0.2, 0.25) is 0 Å². The zero-order valence-electron chi connectivity index (χ0n) is 5.29. The molecule has 8 heteroatoms. The van der Waals surface area contributed by atoms with Crippen molar-refractivity contribution in [1.82, 2.24) is 0 Å². The number of ketones is 1. The number of Topliss-reactive ketones (excluding diaryl/α,β-unsaturated/α-hetero) is 1. The van der Waals surface area contributed by atoms with Crippen LogP contribution >= 0.6 is 0 Å². The second-order valence-electron chi connectivity index (χ2n) is 1.32. The first-order chi connectivity index (χ1) is 5.15. The molecule has 0 unspecified atom stereocenters. The second kappa shape index (κ2) is 4.07. The van der Waals surface area contributed by atoms with E-state index in [1.165, 1.54) is 0 Å². The van der Waals surface area contributed by atoms with Gasteiger partial charge in [0.1, 0.15) is 6.79 Å². The van der Waals surface area contributed by atoms with E-state index in [9.17, 15) is 31.1 Å². The Balaban J connectivity index is 0. The van der Waals surface area contributed by atoms with E-state index in [4.69, 9.17) is 4.79 Å². The topological polar surface area (TPSA) is 34.1 Å². The Hall–Kier alpha value is -1.08. The third-order valence-corrected chi connectivity index (χ3v) is 0.515. The van der Waals surface area contributed by atoms with E-state index < -0.39 is 18.1 Å². The van der Waals surface area contributed by atoms with Gasteiger partial charge in [-0.1, -0.05) is 0 Å². The Morgan fingerprint density at radius 3 is 1.00 bits per heavy atom. The highest BCUT2D eigenvalue weighted by Crippen LogP contribution is 2.28. The summed E-state index contributed by atoms with van der Waals surface area (Å²) < 4.78 is 65.3. The van der Waals surface area contributed by atoms with Crippen LogP contribution in [-0.2, 0) is 9.59 Å². The maximum Gasteiger partial charge on any atom is 0.459 e. The van der Waals surface area contributed by atoms with Crippen LogP contribution in [0.5, 0.6) is 0 Å². The Kier molecular flexibility index (Phi) is 4.58. The molecule has 0 N–H and O–H groups in total. The fourth-order valence-corrected chi connectivity index (χ4v) is 0.161. The highest BCUT2D eigenvalue weighted by atomic mass is 19.4. The molecule has 0 aromatic rings. The summed E-state index contributed by atoms with van der Waals surface area (Å²) in [5, 5.41) is 0. The lowest BCUT2D eigenvalue weighted by Crippen LogP contribution is -2.36. The first-order valence-corrected chi connectivity index (χ1v) is 2.13. The van der Waals surface area contributed by atoms with Gasteiger partial charge in [-0.15, -0.1) is 0 Å². The average Bonchev–Trinajstić information content (AvgIpc) is 1.87. The predicted octanol–water partition coefficient (Wildman–Crippen LogP) is 1.50. The molecule has 0 radical (unpaired) electrons. The molecular weight excluding hydrogens is 194 g/mol. The Morgan fingerprint density at radius 2 is 1.00 bits per heavy atom. The van der Waals surface area contributed by atoms with Crippen LogP contribution in [0.25, 0.3) is 0 Å². The number of hydrogen-bond donors (Lipinski definition) is 0. The van der Waals surface area contributed by atoms with Crippen molar-refractivity contribution in [2.24, 2.45) is 0 Å². The lowest BCUT2D eigenvalue weighted by atomic mass is 10.4. The zero-order chi connectivity index (χ0) is 10.6. The van der Waals surface area contributed by atoms with Gasteiger partial charge in [-0.2, -0.15) is 26.3 Å². The van der Waals surface area contributed by atoms with Crippen molar-refractivity contribution in [3.8, 4) is 0 Å². The normalized spacial score (nSPS) is 11.5. The van der Waals surface area contributed by atoms with E-state index in [-0.39, 0.29) is 0 Å². The molecule has 0 saturated carbocycles. The molecular formula is C4H2F6O2. The van der Waals surface area contributed by atoms with Crippen molar-refractivity contribution < 1.29 is 35.9 Å². The Bertz CT molecular complexity index is 140. The molecule has 0 heterocycles. The summed E-state index contributed by atoms with van der Waals surface area (Å²) in [7, 11) is 0. The van der Waals surface area contributed by atoms with Crippen LogP contribution in [0.3, 0.4) is 0 Å². The van der Waals surface area contributed by atoms with Crippen molar-refractivity contribution in [3.63, 3.8) is 0 Å². The zero-order valence-corrected chi connectivity index (χ0v) is 5.29. The SMILES string of the molecule is C=O.O=C(C(F)(F)F)C(F)(F)F. The van der Waals surface area contributed by atoms with Crippen LogP contribution < -0.4 is 0 Å². The van der Waals surface area contributed by atoms with Crippen LogP contribution in [0.15, 0.2) is 0 Å². The number of halogens is 6.